The van der Waals surface area contributed by atoms with Crippen molar-refractivity contribution in [2.45, 2.75) is 19.9 Å². The molecule has 2 heterocycles. The van der Waals surface area contributed by atoms with Crippen molar-refractivity contribution in [1.29, 1.82) is 0 Å². The number of nitrogens with one attached hydrogen (secondary N) is 2. The number of benzene rings is 1. The Balaban J connectivity index is 1.59. The van der Waals surface area contributed by atoms with Gasteiger partial charge in [0.2, 0.25) is 5.91 Å². The summed E-state index contributed by atoms with van der Waals surface area (Å²) in [6.07, 6.45) is 2.31. The van der Waals surface area contributed by atoms with Gasteiger partial charge in [0.05, 0.1) is 17.9 Å². The minimum absolute atomic E-state index is 0.111. The Morgan fingerprint density at radius 1 is 1.07 bits per heavy atom. The third kappa shape index (κ3) is 5.66. The zero-order chi connectivity index (χ0) is 19.8. The summed E-state index contributed by atoms with van der Waals surface area (Å²) in [6, 6.07) is 15.7. The van der Waals surface area contributed by atoms with Crippen LogP contribution in [0.5, 0.6) is 0 Å². The molecule has 0 radical (unpaired) electrons. The highest BCUT2D eigenvalue weighted by molar-refractivity contribution is 5.79. The monoisotopic (exact) mass is 378 g/mol. The predicted octanol–water partition coefficient (Wildman–Crippen LogP) is 2.15. The summed E-state index contributed by atoms with van der Waals surface area (Å²) >= 11 is 0. The van der Waals surface area contributed by atoms with Gasteiger partial charge in [0.1, 0.15) is 12.0 Å². The van der Waals surface area contributed by atoms with Crippen molar-refractivity contribution in [1.82, 2.24) is 20.6 Å². The summed E-state index contributed by atoms with van der Waals surface area (Å²) in [4.78, 5) is 23.9. The molecule has 0 fully saturated rings. The number of oxazole rings is 1. The normalized spacial score (nSPS) is 11.2. The predicted molar refractivity (Wildman–Crippen MR) is 107 cm³/mol. The molecular weight excluding hydrogens is 356 g/mol. The summed E-state index contributed by atoms with van der Waals surface area (Å²) in [5.41, 5.74) is 9.00. The van der Waals surface area contributed by atoms with Gasteiger partial charge in [0, 0.05) is 13.5 Å². The van der Waals surface area contributed by atoms with Crippen LogP contribution in [-0.2, 0) is 17.8 Å². The Hall–Kier alpha value is -3.68. The second-order valence-corrected chi connectivity index (χ2v) is 6.10. The molecule has 1 aromatic carbocycles. The van der Waals surface area contributed by atoms with Crippen LogP contribution in [-0.4, -0.2) is 28.4 Å². The van der Waals surface area contributed by atoms with Crippen molar-refractivity contribution in [3.05, 3.63) is 66.1 Å². The molecule has 3 aromatic rings. The van der Waals surface area contributed by atoms with E-state index in [1.165, 1.54) is 18.8 Å². The van der Waals surface area contributed by atoms with Crippen molar-refractivity contribution >= 4 is 17.9 Å². The number of amides is 1. The molecule has 3 rings (SSSR count). The minimum Gasteiger partial charge on any atom is -0.430 e. The quantitative estimate of drug-likeness (QED) is 0.428. The lowest BCUT2D eigenvalue weighted by atomic mass is 10.1. The molecule has 8 heteroatoms. The zero-order valence-corrected chi connectivity index (χ0v) is 15.6. The van der Waals surface area contributed by atoms with E-state index in [2.05, 4.69) is 37.7 Å². The lowest BCUT2D eigenvalue weighted by Crippen LogP contribution is -2.32. The molecule has 28 heavy (non-hydrogen) atoms. The molecule has 1 amide bonds. The molecule has 0 aliphatic carbocycles. The average Bonchev–Trinajstić information content (AvgIpc) is 3.16. The van der Waals surface area contributed by atoms with Gasteiger partial charge < -0.3 is 20.8 Å². The molecule has 8 nitrogen and oxygen atoms in total. The topological polar surface area (TPSA) is 118 Å². The van der Waals surface area contributed by atoms with Crippen molar-refractivity contribution in [3.63, 3.8) is 0 Å². The Kier molecular flexibility index (Phi) is 6.35. The fourth-order valence-corrected chi connectivity index (χ4v) is 2.49. The zero-order valence-electron chi connectivity index (χ0n) is 15.6. The Labute approximate surface area is 162 Å². The van der Waals surface area contributed by atoms with E-state index >= 15 is 0 Å². The average molecular weight is 378 g/mol. The third-order valence-corrected chi connectivity index (χ3v) is 3.86. The number of hydrogen-bond donors (Lipinski definition) is 3. The van der Waals surface area contributed by atoms with Gasteiger partial charge in [-0.1, -0.05) is 36.4 Å². The van der Waals surface area contributed by atoms with Gasteiger partial charge in [-0.2, -0.15) is 9.98 Å². The maximum absolute atomic E-state index is 11.0. The van der Waals surface area contributed by atoms with Crippen LogP contribution in [0.1, 0.15) is 18.2 Å². The van der Waals surface area contributed by atoms with Crippen molar-refractivity contribution in [2.24, 2.45) is 10.7 Å². The van der Waals surface area contributed by atoms with Gasteiger partial charge in [-0.15, -0.1) is 0 Å². The summed E-state index contributed by atoms with van der Waals surface area (Å²) in [5, 5.41) is 5.75. The molecule has 0 saturated heterocycles. The van der Waals surface area contributed by atoms with Crippen molar-refractivity contribution in [3.8, 4) is 11.4 Å². The van der Waals surface area contributed by atoms with E-state index in [9.17, 15) is 4.79 Å². The van der Waals surface area contributed by atoms with Crippen LogP contribution in [0.3, 0.4) is 0 Å². The van der Waals surface area contributed by atoms with Crippen LogP contribution in [0.4, 0.5) is 6.01 Å². The number of aliphatic imine (C=N–C) groups is 1. The highest BCUT2D eigenvalue weighted by Crippen LogP contribution is 2.20. The Morgan fingerprint density at radius 3 is 2.68 bits per heavy atom. The fourth-order valence-electron chi connectivity index (χ4n) is 2.49. The number of pyridine rings is 1. The molecule has 144 valence electrons. The van der Waals surface area contributed by atoms with Crippen LogP contribution in [0.2, 0.25) is 0 Å². The molecule has 0 unspecified atom stereocenters. The molecule has 0 spiro atoms. The molecule has 4 N–H and O–H groups in total. The smallest absolute Gasteiger partial charge is 0.325 e. The Bertz CT molecular complexity index is 952. The van der Waals surface area contributed by atoms with E-state index in [1.807, 2.05) is 36.4 Å². The van der Waals surface area contributed by atoms with Crippen molar-refractivity contribution < 1.29 is 9.21 Å². The third-order valence-electron chi connectivity index (χ3n) is 3.86. The number of nitrogens with two attached hydrogens (primary N) is 1. The van der Waals surface area contributed by atoms with Crippen LogP contribution >= 0.6 is 0 Å². The number of nitrogens with zero attached hydrogens (tertiary/aromatic N) is 3. The number of guanidine groups is 1. The van der Waals surface area contributed by atoms with Gasteiger partial charge in [-0.05, 0) is 24.1 Å². The van der Waals surface area contributed by atoms with Gasteiger partial charge in [-0.3, -0.25) is 4.79 Å². The fraction of sp³-hybridized carbons (Fsp3) is 0.200. The van der Waals surface area contributed by atoms with Gasteiger partial charge in [0.25, 0.3) is 0 Å². The highest BCUT2D eigenvalue weighted by Gasteiger charge is 2.08. The molecular formula is C20H22N6O2. The van der Waals surface area contributed by atoms with Crippen LogP contribution in [0.15, 0.2) is 64.2 Å². The number of carbonyl (C=O) groups is 1. The molecule has 0 saturated carbocycles. The van der Waals surface area contributed by atoms with Gasteiger partial charge in [-0.25, -0.2) is 4.98 Å². The number of carbonyl (C=O) groups excluding carboxylic acids is 1. The van der Waals surface area contributed by atoms with Crippen LogP contribution in [0.25, 0.3) is 11.4 Å². The second-order valence-electron chi connectivity index (χ2n) is 6.10. The van der Waals surface area contributed by atoms with Gasteiger partial charge >= 0.3 is 6.01 Å². The van der Waals surface area contributed by atoms with E-state index in [0.29, 0.717) is 24.5 Å². The van der Waals surface area contributed by atoms with E-state index in [1.54, 1.807) is 0 Å². The first-order chi connectivity index (χ1) is 13.6. The molecule has 0 aliphatic heterocycles. The standard InChI is InChI=1S/C20H22N6O2/c1-14(27)23-12-16-8-5-9-17(24-16)18-13-28-20(25-18)26-19(21)22-11-10-15-6-3-2-4-7-15/h2-9,13H,10-12H2,1H3,(H,23,27)(H3,21,22,25,26). The van der Waals surface area contributed by atoms with Gasteiger partial charge in [0.15, 0.2) is 5.96 Å². The minimum atomic E-state index is -0.111. The van der Waals surface area contributed by atoms with E-state index in [4.69, 9.17) is 10.2 Å². The first-order valence-electron chi connectivity index (χ1n) is 8.88. The molecule has 0 aliphatic rings. The maximum Gasteiger partial charge on any atom is 0.325 e. The lowest BCUT2D eigenvalue weighted by Gasteiger charge is -2.04. The van der Waals surface area contributed by atoms with Crippen LogP contribution in [0, 0.1) is 0 Å². The largest absolute Gasteiger partial charge is 0.430 e. The summed E-state index contributed by atoms with van der Waals surface area (Å²) in [7, 11) is 0. The second kappa shape index (κ2) is 9.31. The Morgan fingerprint density at radius 2 is 1.89 bits per heavy atom. The maximum atomic E-state index is 11.0. The van der Waals surface area contributed by atoms with E-state index in [0.717, 1.165) is 12.1 Å². The molecule has 2 aromatic heterocycles. The summed E-state index contributed by atoms with van der Waals surface area (Å²) in [6.45, 7) is 2.47. The van der Waals surface area contributed by atoms with E-state index < -0.39 is 0 Å². The van der Waals surface area contributed by atoms with Crippen molar-refractivity contribution in [2.75, 3.05) is 6.54 Å². The van der Waals surface area contributed by atoms with E-state index in [-0.39, 0.29) is 17.9 Å². The molecule has 0 atom stereocenters. The molecule has 0 bridgehead atoms. The first kappa shape index (κ1) is 19.1. The lowest BCUT2D eigenvalue weighted by molar-refractivity contribution is -0.119. The number of aromatic nitrogens is 2. The number of rotatable bonds is 7. The van der Waals surface area contributed by atoms with Crippen LogP contribution < -0.4 is 16.4 Å². The first-order valence-corrected chi connectivity index (χ1v) is 8.88. The highest BCUT2D eigenvalue weighted by atomic mass is 16.4. The number of hydrogen-bond acceptors (Lipinski definition) is 5. The summed E-state index contributed by atoms with van der Waals surface area (Å²) < 4.78 is 5.36. The SMILES string of the molecule is CC(=O)NCc1cccc(-c2coc(/N=C(\N)NCCc3ccccc3)n2)n1. The summed E-state index contributed by atoms with van der Waals surface area (Å²) in [5.74, 6) is 0.122.